The van der Waals surface area contributed by atoms with Gasteiger partial charge in [-0.2, -0.15) is 0 Å². The van der Waals surface area contributed by atoms with Gasteiger partial charge in [-0.1, -0.05) is 34.8 Å². The fourth-order valence-corrected chi connectivity index (χ4v) is 1.74. The predicted octanol–water partition coefficient (Wildman–Crippen LogP) is 4.03. The van der Waals surface area contributed by atoms with Crippen LogP contribution in [0.3, 0.4) is 0 Å². The van der Waals surface area contributed by atoms with Gasteiger partial charge in [0, 0.05) is 0 Å². The van der Waals surface area contributed by atoms with E-state index in [0.29, 0.717) is 0 Å². The van der Waals surface area contributed by atoms with Crippen LogP contribution in [0.25, 0.3) is 0 Å². The van der Waals surface area contributed by atoms with E-state index in [-0.39, 0.29) is 26.4 Å². The van der Waals surface area contributed by atoms with E-state index in [1.807, 2.05) is 0 Å². The van der Waals surface area contributed by atoms with Crippen molar-refractivity contribution in [2.45, 2.75) is 0 Å². The fraction of sp³-hybridized carbons (Fsp3) is 0.125. The molecule has 0 unspecified atom stereocenters. The number of carbonyl (C=O) groups is 1. The number of hydrogen-bond acceptors (Lipinski definition) is 2. The van der Waals surface area contributed by atoms with Crippen LogP contribution in [-0.4, -0.2) is 12.4 Å². The Morgan fingerprint density at radius 3 is 2.29 bits per heavy atom. The second-order valence-electron chi connectivity index (χ2n) is 2.34. The molecule has 0 aliphatic rings. The first kappa shape index (κ1) is 11.9. The van der Waals surface area contributed by atoms with E-state index >= 15 is 0 Å². The first-order valence-electron chi connectivity index (χ1n) is 3.40. The molecule has 0 aliphatic carbocycles. The summed E-state index contributed by atoms with van der Waals surface area (Å²) in [6.07, 6.45) is 0. The van der Waals surface area contributed by atoms with Gasteiger partial charge >= 0.3 is 0 Å². The molecule has 0 bridgehead atoms. The van der Waals surface area contributed by atoms with Crippen molar-refractivity contribution in [1.29, 1.82) is 0 Å². The highest BCUT2D eigenvalue weighted by Crippen LogP contribution is 2.40. The molecule has 0 atom stereocenters. The quantitative estimate of drug-likeness (QED) is 0.601. The molecule has 0 aromatic heterocycles. The van der Waals surface area contributed by atoms with E-state index in [9.17, 15) is 4.79 Å². The summed E-state index contributed by atoms with van der Waals surface area (Å²) in [5.41, 5.74) is 0.0913. The lowest BCUT2D eigenvalue weighted by molar-refractivity contribution is 0.107. The molecule has 2 nitrogen and oxygen atoms in total. The van der Waals surface area contributed by atoms with Gasteiger partial charge in [-0.3, -0.25) is 4.79 Å². The smallest absolute Gasteiger partial charge is 0.256 e. The Kier molecular flexibility index (Phi) is 3.90. The molecule has 0 aliphatic heterocycles. The molecule has 1 aromatic carbocycles. The molecule has 0 radical (unpaired) electrons. The number of carbonyl (C=O) groups excluding carboxylic acids is 1. The molecule has 0 N–H and O–H groups in total. The number of benzene rings is 1. The Morgan fingerprint density at radius 2 is 1.86 bits per heavy atom. The zero-order chi connectivity index (χ0) is 10.9. The molecule has 76 valence electrons. The van der Waals surface area contributed by atoms with Crippen molar-refractivity contribution < 1.29 is 9.53 Å². The fourth-order valence-electron chi connectivity index (χ4n) is 0.924. The van der Waals surface area contributed by atoms with Crippen molar-refractivity contribution in [3.63, 3.8) is 0 Å². The Labute approximate surface area is 101 Å². The molecular formula is C8H4Cl4O2. The Morgan fingerprint density at radius 1 is 1.29 bits per heavy atom. The molecule has 0 saturated heterocycles. The zero-order valence-corrected chi connectivity index (χ0v) is 9.93. The third-order valence-corrected chi connectivity index (χ3v) is 2.98. The summed E-state index contributed by atoms with van der Waals surface area (Å²) in [6.45, 7) is 0. The summed E-state index contributed by atoms with van der Waals surface area (Å²) in [5, 5.41) is -0.346. The largest absolute Gasteiger partial charge is 0.494 e. The third-order valence-electron chi connectivity index (χ3n) is 1.53. The van der Waals surface area contributed by atoms with E-state index in [4.69, 9.17) is 51.1 Å². The number of methoxy groups -OCH3 is 1. The summed E-state index contributed by atoms with van der Waals surface area (Å²) in [5.74, 6) is 0.126. The summed E-state index contributed by atoms with van der Waals surface area (Å²) in [7, 11) is 1.36. The van der Waals surface area contributed by atoms with Crippen molar-refractivity contribution in [1.82, 2.24) is 0 Å². The molecule has 0 fully saturated rings. The van der Waals surface area contributed by atoms with Gasteiger partial charge in [-0.25, -0.2) is 0 Å². The van der Waals surface area contributed by atoms with Crippen LogP contribution in [0, 0.1) is 0 Å². The van der Waals surface area contributed by atoms with Crippen LogP contribution >= 0.6 is 46.4 Å². The zero-order valence-electron chi connectivity index (χ0n) is 6.91. The van der Waals surface area contributed by atoms with E-state index < -0.39 is 5.24 Å². The second kappa shape index (κ2) is 4.58. The first-order chi connectivity index (χ1) is 6.49. The highest BCUT2D eigenvalue weighted by molar-refractivity contribution is 6.68. The lowest BCUT2D eigenvalue weighted by Crippen LogP contribution is -1.97. The average molecular weight is 274 g/mol. The van der Waals surface area contributed by atoms with Crippen LogP contribution in [0.2, 0.25) is 15.1 Å². The molecule has 0 heterocycles. The van der Waals surface area contributed by atoms with Gasteiger partial charge in [-0.05, 0) is 17.7 Å². The van der Waals surface area contributed by atoms with Gasteiger partial charge < -0.3 is 4.74 Å². The lowest BCUT2D eigenvalue weighted by atomic mass is 10.2. The lowest BCUT2D eigenvalue weighted by Gasteiger charge is -2.09. The van der Waals surface area contributed by atoms with Crippen molar-refractivity contribution in [2.24, 2.45) is 0 Å². The van der Waals surface area contributed by atoms with Crippen molar-refractivity contribution >= 4 is 51.6 Å². The topological polar surface area (TPSA) is 26.3 Å². The van der Waals surface area contributed by atoms with Crippen LogP contribution in [0.1, 0.15) is 10.4 Å². The van der Waals surface area contributed by atoms with Crippen LogP contribution in [0.15, 0.2) is 6.07 Å². The van der Waals surface area contributed by atoms with E-state index in [1.165, 1.54) is 13.2 Å². The predicted molar refractivity (Wildman–Crippen MR) is 58.2 cm³/mol. The maximum absolute atomic E-state index is 11.0. The molecule has 1 rings (SSSR count). The van der Waals surface area contributed by atoms with E-state index in [2.05, 4.69) is 0 Å². The maximum Gasteiger partial charge on any atom is 0.256 e. The summed E-state index contributed by atoms with van der Waals surface area (Å²) < 4.78 is 4.89. The van der Waals surface area contributed by atoms with Gasteiger partial charge in [0.1, 0.15) is 5.02 Å². The average Bonchev–Trinajstić information content (AvgIpc) is 2.13. The Balaban J connectivity index is 3.51. The Bertz CT molecular complexity index is 389. The SMILES string of the molecule is COc1c(C(=O)Cl)cc(Cl)c(Cl)c1Cl. The van der Waals surface area contributed by atoms with Crippen molar-refractivity contribution in [3.8, 4) is 5.75 Å². The Hall–Kier alpha value is -0.150. The minimum absolute atomic E-state index is 0.0747. The van der Waals surface area contributed by atoms with Crippen LogP contribution < -0.4 is 4.74 Å². The molecular weight excluding hydrogens is 270 g/mol. The number of rotatable bonds is 2. The van der Waals surface area contributed by atoms with Crippen LogP contribution in [0.4, 0.5) is 0 Å². The normalized spacial score (nSPS) is 10.1. The second-order valence-corrected chi connectivity index (χ2v) is 3.85. The van der Waals surface area contributed by atoms with Crippen LogP contribution in [-0.2, 0) is 0 Å². The molecule has 14 heavy (non-hydrogen) atoms. The summed E-state index contributed by atoms with van der Waals surface area (Å²) >= 11 is 22.5. The van der Waals surface area contributed by atoms with Crippen molar-refractivity contribution in [2.75, 3.05) is 7.11 Å². The van der Waals surface area contributed by atoms with Gasteiger partial charge in [0.2, 0.25) is 0 Å². The molecule has 0 amide bonds. The van der Waals surface area contributed by atoms with Gasteiger partial charge in [-0.15, -0.1) is 0 Å². The van der Waals surface area contributed by atoms with Crippen molar-refractivity contribution in [3.05, 3.63) is 26.7 Å². The molecule has 0 saturated carbocycles. The minimum Gasteiger partial charge on any atom is -0.494 e. The summed E-state index contributed by atoms with van der Waals surface area (Å²) in [6, 6.07) is 1.31. The highest BCUT2D eigenvalue weighted by Gasteiger charge is 2.18. The van der Waals surface area contributed by atoms with Crippen LogP contribution in [0.5, 0.6) is 5.75 Å². The number of hydrogen-bond donors (Lipinski definition) is 0. The minimum atomic E-state index is -0.706. The molecule has 6 heteroatoms. The highest BCUT2D eigenvalue weighted by atomic mass is 35.5. The number of halogens is 4. The summed E-state index contributed by atoms with van der Waals surface area (Å²) in [4.78, 5) is 11.0. The van der Waals surface area contributed by atoms with E-state index in [0.717, 1.165) is 0 Å². The third kappa shape index (κ3) is 2.09. The van der Waals surface area contributed by atoms with E-state index in [1.54, 1.807) is 0 Å². The first-order valence-corrected chi connectivity index (χ1v) is 4.91. The molecule has 0 spiro atoms. The van der Waals surface area contributed by atoms with Gasteiger partial charge in [0.15, 0.2) is 5.75 Å². The monoisotopic (exact) mass is 272 g/mol. The maximum atomic E-state index is 11.0. The molecule has 1 aromatic rings. The van der Waals surface area contributed by atoms with Gasteiger partial charge in [0.25, 0.3) is 5.24 Å². The standard InChI is InChI=1S/C8H4Cl4O2/c1-14-7-3(8(12)13)2-4(9)5(10)6(7)11/h2H,1H3. The van der Waals surface area contributed by atoms with Gasteiger partial charge in [0.05, 0.1) is 22.7 Å². The number of ether oxygens (including phenoxy) is 1.